The van der Waals surface area contributed by atoms with E-state index in [9.17, 15) is 0 Å². The predicted octanol–water partition coefficient (Wildman–Crippen LogP) is 2.30. The van der Waals surface area contributed by atoms with Gasteiger partial charge in [0.2, 0.25) is 0 Å². The second-order valence-electron chi connectivity index (χ2n) is 5.54. The van der Waals surface area contributed by atoms with Gasteiger partial charge in [0.15, 0.2) is 0 Å². The van der Waals surface area contributed by atoms with Gasteiger partial charge in [0.25, 0.3) is 0 Å². The lowest BCUT2D eigenvalue weighted by molar-refractivity contribution is 0.153. The van der Waals surface area contributed by atoms with Crippen LogP contribution < -0.4 is 10.5 Å². The normalized spacial score (nSPS) is 13.7. The summed E-state index contributed by atoms with van der Waals surface area (Å²) in [5.74, 6) is 0.900. The molecule has 1 atom stereocenters. The van der Waals surface area contributed by atoms with E-state index in [1.54, 1.807) is 7.11 Å². The van der Waals surface area contributed by atoms with Crippen molar-refractivity contribution in [1.29, 1.82) is 0 Å². The summed E-state index contributed by atoms with van der Waals surface area (Å²) in [4.78, 5) is 2.19. The molecule has 0 bridgehead atoms. The molecule has 3 heteroatoms. The first-order valence-corrected chi connectivity index (χ1v) is 6.44. The van der Waals surface area contributed by atoms with Crippen LogP contribution in [0.15, 0.2) is 24.3 Å². The molecule has 3 nitrogen and oxygen atoms in total. The van der Waals surface area contributed by atoms with Crippen LogP contribution in [0.5, 0.6) is 5.75 Å². The summed E-state index contributed by atoms with van der Waals surface area (Å²) < 4.78 is 5.15. The number of hydrogen-bond donors (Lipinski definition) is 1. The molecule has 0 aromatic heterocycles. The van der Waals surface area contributed by atoms with Gasteiger partial charge in [-0.2, -0.15) is 0 Å². The minimum Gasteiger partial charge on any atom is -0.497 e. The summed E-state index contributed by atoms with van der Waals surface area (Å²) in [6.07, 6.45) is 1.99. The molecular formula is C15H26N2O. The van der Waals surface area contributed by atoms with Crippen LogP contribution >= 0.6 is 0 Å². The van der Waals surface area contributed by atoms with Gasteiger partial charge in [-0.15, -0.1) is 0 Å². The minimum atomic E-state index is 0.0203. The molecule has 0 radical (unpaired) electrons. The summed E-state index contributed by atoms with van der Waals surface area (Å²) >= 11 is 0. The quantitative estimate of drug-likeness (QED) is 0.842. The van der Waals surface area contributed by atoms with Gasteiger partial charge in [0, 0.05) is 11.6 Å². The molecule has 0 heterocycles. The van der Waals surface area contributed by atoms with Gasteiger partial charge in [0.05, 0.1) is 7.11 Å². The molecule has 0 amide bonds. The lowest BCUT2D eigenvalue weighted by Crippen LogP contribution is -2.53. The molecule has 102 valence electrons. The van der Waals surface area contributed by atoms with E-state index in [0.717, 1.165) is 18.6 Å². The van der Waals surface area contributed by atoms with Crippen LogP contribution in [0, 0.1) is 0 Å². The van der Waals surface area contributed by atoms with E-state index in [4.69, 9.17) is 10.5 Å². The Morgan fingerprint density at radius 1 is 1.22 bits per heavy atom. The molecule has 0 saturated carbocycles. The number of aryl methyl sites for hydroxylation is 1. The smallest absolute Gasteiger partial charge is 0.118 e. The van der Waals surface area contributed by atoms with Crippen LogP contribution in [-0.4, -0.2) is 37.7 Å². The Balaban J connectivity index is 2.54. The summed E-state index contributed by atoms with van der Waals surface area (Å²) in [6.45, 7) is 4.37. The molecule has 1 aromatic carbocycles. The highest BCUT2D eigenvalue weighted by Crippen LogP contribution is 2.19. The van der Waals surface area contributed by atoms with Crippen molar-refractivity contribution in [3.05, 3.63) is 29.8 Å². The second-order valence-corrected chi connectivity index (χ2v) is 5.54. The van der Waals surface area contributed by atoms with Crippen molar-refractivity contribution in [2.24, 2.45) is 5.73 Å². The topological polar surface area (TPSA) is 38.5 Å². The molecule has 18 heavy (non-hydrogen) atoms. The van der Waals surface area contributed by atoms with Crippen molar-refractivity contribution in [2.45, 2.75) is 38.3 Å². The number of likely N-dealkylation sites (N-methyl/N-ethyl adjacent to an activating group) is 1. The zero-order chi connectivity index (χ0) is 13.8. The van der Waals surface area contributed by atoms with Gasteiger partial charge in [-0.25, -0.2) is 0 Å². The first kappa shape index (κ1) is 15.0. The van der Waals surface area contributed by atoms with E-state index < -0.39 is 0 Å². The van der Waals surface area contributed by atoms with Crippen molar-refractivity contribution in [2.75, 3.05) is 21.2 Å². The molecule has 0 aliphatic heterocycles. The average molecular weight is 250 g/mol. The van der Waals surface area contributed by atoms with E-state index >= 15 is 0 Å². The minimum absolute atomic E-state index is 0.0203. The third-order valence-electron chi connectivity index (χ3n) is 3.96. The highest BCUT2D eigenvalue weighted by Gasteiger charge is 2.28. The first-order chi connectivity index (χ1) is 8.37. The van der Waals surface area contributed by atoms with Gasteiger partial charge in [-0.05, 0) is 58.5 Å². The van der Waals surface area contributed by atoms with Crippen molar-refractivity contribution in [3.8, 4) is 5.75 Å². The molecule has 0 aliphatic carbocycles. The highest BCUT2D eigenvalue weighted by atomic mass is 16.5. The maximum atomic E-state index is 6.29. The van der Waals surface area contributed by atoms with Crippen molar-refractivity contribution in [3.63, 3.8) is 0 Å². The van der Waals surface area contributed by atoms with Gasteiger partial charge in [-0.3, -0.25) is 0 Å². The summed E-state index contributed by atoms with van der Waals surface area (Å²) in [5.41, 5.74) is 7.62. The molecule has 2 N–H and O–H groups in total. The third-order valence-corrected chi connectivity index (χ3v) is 3.96. The Morgan fingerprint density at radius 2 is 1.78 bits per heavy atom. The van der Waals surface area contributed by atoms with E-state index in [2.05, 4.69) is 45.0 Å². The summed E-state index contributed by atoms with van der Waals surface area (Å²) in [6, 6.07) is 8.37. The standard InChI is InChI=1S/C15H26N2O/c1-15(2,17(3)4)14(16)11-8-12-6-9-13(18-5)10-7-12/h6-7,9-10,14H,8,11,16H2,1-5H3. The van der Waals surface area contributed by atoms with Gasteiger partial charge < -0.3 is 15.4 Å². The molecule has 0 saturated heterocycles. The van der Waals surface area contributed by atoms with E-state index in [1.165, 1.54) is 5.56 Å². The second kappa shape index (κ2) is 6.21. The molecule has 0 spiro atoms. The fraction of sp³-hybridized carbons (Fsp3) is 0.600. The number of ether oxygens (including phenoxy) is 1. The van der Waals surface area contributed by atoms with Crippen molar-refractivity contribution in [1.82, 2.24) is 4.90 Å². The average Bonchev–Trinajstić information content (AvgIpc) is 2.36. The SMILES string of the molecule is COc1ccc(CCC(N)C(C)(C)N(C)C)cc1. The van der Waals surface area contributed by atoms with Crippen LogP contribution in [0.1, 0.15) is 25.8 Å². The zero-order valence-electron chi connectivity index (χ0n) is 12.2. The molecule has 0 fully saturated rings. The molecule has 0 aliphatic rings. The maximum absolute atomic E-state index is 6.29. The number of nitrogens with two attached hydrogens (primary N) is 1. The molecule has 1 unspecified atom stereocenters. The lowest BCUT2D eigenvalue weighted by Gasteiger charge is -2.38. The van der Waals surface area contributed by atoms with Gasteiger partial charge in [0.1, 0.15) is 5.75 Å². The number of hydrogen-bond acceptors (Lipinski definition) is 3. The zero-order valence-corrected chi connectivity index (χ0v) is 12.2. The van der Waals surface area contributed by atoms with E-state index in [1.807, 2.05) is 12.1 Å². The Morgan fingerprint density at radius 3 is 2.22 bits per heavy atom. The Labute approximate surface area is 111 Å². The van der Waals surface area contributed by atoms with E-state index in [0.29, 0.717) is 0 Å². The third kappa shape index (κ3) is 3.72. The summed E-state index contributed by atoms with van der Waals surface area (Å²) in [5, 5.41) is 0. The predicted molar refractivity (Wildman–Crippen MR) is 77.1 cm³/mol. The van der Waals surface area contributed by atoms with Crippen LogP contribution in [0.25, 0.3) is 0 Å². The largest absolute Gasteiger partial charge is 0.497 e. The van der Waals surface area contributed by atoms with Crippen LogP contribution in [-0.2, 0) is 6.42 Å². The number of rotatable bonds is 6. The van der Waals surface area contributed by atoms with Crippen molar-refractivity contribution >= 4 is 0 Å². The molecule has 1 rings (SSSR count). The van der Waals surface area contributed by atoms with Crippen LogP contribution in [0.4, 0.5) is 0 Å². The van der Waals surface area contributed by atoms with Crippen LogP contribution in [0.3, 0.4) is 0 Å². The first-order valence-electron chi connectivity index (χ1n) is 6.44. The van der Waals surface area contributed by atoms with Gasteiger partial charge in [-0.1, -0.05) is 12.1 Å². The fourth-order valence-electron chi connectivity index (χ4n) is 1.80. The maximum Gasteiger partial charge on any atom is 0.118 e. The monoisotopic (exact) mass is 250 g/mol. The lowest BCUT2D eigenvalue weighted by atomic mass is 9.89. The van der Waals surface area contributed by atoms with Crippen LogP contribution in [0.2, 0.25) is 0 Å². The number of nitrogens with zero attached hydrogens (tertiary/aromatic N) is 1. The summed E-state index contributed by atoms with van der Waals surface area (Å²) in [7, 11) is 5.84. The number of methoxy groups -OCH3 is 1. The van der Waals surface area contributed by atoms with Crippen molar-refractivity contribution < 1.29 is 4.74 Å². The molecule has 1 aromatic rings. The molecular weight excluding hydrogens is 224 g/mol. The highest BCUT2D eigenvalue weighted by molar-refractivity contribution is 5.27. The van der Waals surface area contributed by atoms with Gasteiger partial charge >= 0.3 is 0 Å². The Hall–Kier alpha value is -1.06. The Bertz CT molecular complexity index is 357. The number of benzene rings is 1. The Kier molecular flexibility index (Phi) is 5.17. The van der Waals surface area contributed by atoms with E-state index in [-0.39, 0.29) is 11.6 Å². The fourth-order valence-corrected chi connectivity index (χ4v) is 1.80.